The Morgan fingerprint density at radius 1 is 1.35 bits per heavy atom. The Balaban J connectivity index is 2.03. The van der Waals surface area contributed by atoms with Gasteiger partial charge in [-0.2, -0.15) is 11.3 Å². The second-order valence-corrected chi connectivity index (χ2v) is 5.91. The number of carbonyl (C=O) groups is 1. The SMILES string of the molecule is CN(C)C(CNC(=O)c1ccccc1Cl)c1ccsc1. The highest BCUT2D eigenvalue weighted by atomic mass is 35.5. The minimum atomic E-state index is -0.141. The van der Waals surface area contributed by atoms with Gasteiger partial charge in [-0.25, -0.2) is 0 Å². The molecule has 0 saturated carbocycles. The number of thiophene rings is 1. The van der Waals surface area contributed by atoms with Crippen LogP contribution >= 0.6 is 22.9 Å². The molecule has 20 heavy (non-hydrogen) atoms. The topological polar surface area (TPSA) is 32.3 Å². The minimum Gasteiger partial charge on any atom is -0.350 e. The number of hydrogen-bond donors (Lipinski definition) is 1. The Morgan fingerprint density at radius 3 is 2.70 bits per heavy atom. The van der Waals surface area contributed by atoms with Gasteiger partial charge in [0.25, 0.3) is 5.91 Å². The molecule has 3 nitrogen and oxygen atoms in total. The molecule has 0 aliphatic carbocycles. The number of nitrogens with one attached hydrogen (secondary N) is 1. The molecule has 0 radical (unpaired) electrons. The highest BCUT2D eigenvalue weighted by Gasteiger charge is 2.17. The quantitative estimate of drug-likeness (QED) is 0.918. The second-order valence-electron chi connectivity index (χ2n) is 4.73. The first-order chi connectivity index (χ1) is 9.59. The zero-order chi connectivity index (χ0) is 14.5. The molecule has 1 N–H and O–H groups in total. The summed E-state index contributed by atoms with van der Waals surface area (Å²) in [6.45, 7) is 0.549. The first-order valence-corrected chi connectivity index (χ1v) is 7.63. The highest BCUT2D eigenvalue weighted by molar-refractivity contribution is 7.07. The fraction of sp³-hybridized carbons (Fsp3) is 0.267. The lowest BCUT2D eigenvalue weighted by Gasteiger charge is -2.24. The Morgan fingerprint density at radius 2 is 2.10 bits per heavy atom. The summed E-state index contributed by atoms with van der Waals surface area (Å²) < 4.78 is 0. The number of rotatable bonds is 5. The predicted octanol–water partition coefficient (Wildman–Crippen LogP) is 3.43. The number of benzene rings is 1. The van der Waals surface area contributed by atoms with Gasteiger partial charge in [0.1, 0.15) is 0 Å². The van der Waals surface area contributed by atoms with Crippen molar-refractivity contribution in [2.24, 2.45) is 0 Å². The van der Waals surface area contributed by atoms with E-state index in [0.717, 1.165) is 0 Å². The third-order valence-electron chi connectivity index (χ3n) is 3.13. The van der Waals surface area contributed by atoms with Crippen molar-refractivity contribution < 1.29 is 4.79 Å². The van der Waals surface area contributed by atoms with E-state index in [4.69, 9.17) is 11.6 Å². The molecule has 1 aromatic heterocycles. The number of hydrogen-bond acceptors (Lipinski definition) is 3. The number of nitrogens with zero attached hydrogens (tertiary/aromatic N) is 1. The molecule has 106 valence electrons. The molecule has 1 atom stereocenters. The van der Waals surface area contributed by atoms with Crippen LogP contribution in [0, 0.1) is 0 Å². The summed E-state index contributed by atoms with van der Waals surface area (Å²) >= 11 is 7.68. The van der Waals surface area contributed by atoms with Gasteiger partial charge in [-0.05, 0) is 48.6 Å². The van der Waals surface area contributed by atoms with E-state index in [9.17, 15) is 4.79 Å². The summed E-state index contributed by atoms with van der Waals surface area (Å²) in [6.07, 6.45) is 0. The van der Waals surface area contributed by atoms with Crippen LogP contribution in [0.3, 0.4) is 0 Å². The van der Waals surface area contributed by atoms with Crippen molar-refractivity contribution in [3.8, 4) is 0 Å². The summed E-state index contributed by atoms with van der Waals surface area (Å²) in [7, 11) is 4.01. The number of amides is 1. The van der Waals surface area contributed by atoms with Crippen LogP contribution in [0.1, 0.15) is 22.0 Å². The fourth-order valence-corrected chi connectivity index (χ4v) is 2.92. The van der Waals surface area contributed by atoms with Crippen LogP contribution in [0.5, 0.6) is 0 Å². The zero-order valence-electron chi connectivity index (χ0n) is 11.5. The van der Waals surface area contributed by atoms with Crippen molar-refractivity contribution in [2.75, 3.05) is 20.6 Å². The van der Waals surface area contributed by atoms with Gasteiger partial charge in [0, 0.05) is 6.54 Å². The van der Waals surface area contributed by atoms with E-state index in [-0.39, 0.29) is 11.9 Å². The molecule has 2 rings (SSSR count). The molecule has 0 saturated heterocycles. The molecule has 1 aromatic carbocycles. The van der Waals surface area contributed by atoms with E-state index < -0.39 is 0 Å². The third kappa shape index (κ3) is 3.60. The van der Waals surface area contributed by atoms with Crippen molar-refractivity contribution in [2.45, 2.75) is 6.04 Å². The number of likely N-dealkylation sites (N-methyl/N-ethyl adjacent to an activating group) is 1. The Hall–Kier alpha value is -1.36. The third-order valence-corrected chi connectivity index (χ3v) is 4.16. The average molecular weight is 309 g/mol. The van der Waals surface area contributed by atoms with Crippen molar-refractivity contribution in [1.29, 1.82) is 0 Å². The predicted molar refractivity (Wildman–Crippen MR) is 84.5 cm³/mol. The largest absolute Gasteiger partial charge is 0.350 e. The van der Waals surface area contributed by atoms with E-state index in [2.05, 4.69) is 21.7 Å². The van der Waals surface area contributed by atoms with Crippen molar-refractivity contribution in [3.05, 3.63) is 57.2 Å². The average Bonchev–Trinajstić information content (AvgIpc) is 2.92. The van der Waals surface area contributed by atoms with Crippen molar-refractivity contribution in [3.63, 3.8) is 0 Å². The van der Waals surface area contributed by atoms with Gasteiger partial charge in [-0.3, -0.25) is 4.79 Å². The van der Waals surface area contributed by atoms with Gasteiger partial charge in [-0.15, -0.1) is 0 Å². The normalized spacial score (nSPS) is 12.4. The lowest BCUT2D eigenvalue weighted by Crippen LogP contribution is -2.34. The molecule has 0 spiro atoms. The summed E-state index contributed by atoms with van der Waals surface area (Å²) in [5.74, 6) is -0.141. The van der Waals surface area contributed by atoms with Crippen LogP contribution in [-0.2, 0) is 0 Å². The Labute approximate surface area is 128 Å². The maximum atomic E-state index is 12.2. The molecule has 0 bridgehead atoms. The van der Waals surface area contributed by atoms with Crippen LogP contribution in [0.2, 0.25) is 5.02 Å². The monoisotopic (exact) mass is 308 g/mol. The lowest BCUT2D eigenvalue weighted by atomic mass is 10.1. The Bertz CT molecular complexity index is 569. The first kappa shape index (κ1) is 15.0. The van der Waals surface area contributed by atoms with Gasteiger partial charge < -0.3 is 10.2 Å². The fourth-order valence-electron chi connectivity index (χ4n) is 1.99. The van der Waals surface area contributed by atoms with Crippen LogP contribution < -0.4 is 5.32 Å². The van der Waals surface area contributed by atoms with E-state index in [0.29, 0.717) is 17.1 Å². The van der Waals surface area contributed by atoms with Crippen LogP contribution in [-0.4, -0.2) is 31.4 Å². The molecule has 0 fully saturated rings. The summed E-state index contributed by atoms with van der Waals surface area (Å²) in [5, 5.41) is 7.57. The molecular formula is C15H17ClN2OS. The van der Waals surface area contributed by atoms with Gasteiger partial charge in [0.05, 0.1) is 16.6 Å². The van der Waals surface area contributed by atoms with E-state index >= 15 is 0 Å². The van der Waals surface area contributed by atoms with E-state index in [1.54, 1.807) is 23.5 Å². The molecular weight excluding hydrogens is 292 g/mol. The standard InChI is InChI=1S/C15H17ClN2OS/c1-18(2)14(11-7-8-20-10-11)9-17-15(19)12-5-3-4-6-13(12)16/h3-8,10,14H,9H2,1-2H3,(H,17,19). The summed E-state index contributed by atoms with van der Waals surface area (Å²) in [5.41, 5.74) is 1.72. The van der Waals surface area contributed by atoms with Crippen LogP contribution in [0.4, 0.5) is 0 Å². The molecule has 0 aliphatic heterocycles. The number of halogens is 1. The van der Waals surface area contributed by atoms with Gasteiger partial charge >= 0.3 is 0 Å². The molecule has 0 aliphatic rings. The smallest absolute Gasteiger partial charge is 0.252 e. The second kappa shape index (κ2) is 6.88. The van der Waals surface area contributed by atoms with Gasteiger partial charge in [-0.1, -0.05) is 23.7 Å². The molecule has 1 unspecified atom stereocenters. The summed E-state index contributed by atoms with van der Waals surface area (Å²) in [4.78, 5) is 14.2. The summed E-state index contributed by atoms with van der Waals surface area (Å²) in [6, 6.07) is 9.31. The Kier molecular flexibility index (Phi) is 5.17. The van der Waals surface area contributed by atoms with Crippen molar-refractivity contribution >= 4 is 28.8 Å². The van der Waals surface area contributed by atoms with Crippen LogP contribution in [0.15, 0.2) is 41.1 Å². The van der Waals surface area contributed by atoms with Gasteiger partial charge in [0.2, 0.25) is 0 Å². The lowest BCUT2D eigenvalue weighted by molar-refractivity contribution is 0.0942. The molecule has 2 aromatic rings. The van der Waals surface area contributed by atoms with Gasteiger partial charge in [0.15, 0.2) is 0 Å². The molecule has 1 amide bonds. The minimum absolute atomic E-state index is 0.141. The molecule has 1 heterocycles. The first-order valence-electron chi connectivity index (χ1n) is 6.31. The van der Waals surface area contributed by atoms with E-state index in [1.165, 1.54) is 5.56 Å². The zero-order valence-corrected chi connectivity index (χ0v) is 13.0. The maximum absolute atomic E-state index is 12.2. The highest BCUT2D eigenvalue weighted by Crippen LogP contribution is 2.20. The number of carbonyl (C=O) groups excluding carboxylic acids is 1. The molecule has 5 heteroatoms. The van der Waals surface area contributed by atoms with Crippen LogP contribution in [0.25, 0.3) is 0 Å². The van der Waals surface area contributed by atoms with E-state index in [1.807, 2.05) is 31.6 Å². The van der Waals surface area contributed by atoms with Crippen molar-refractivity contribution in [1.82, 2.24) is 10.2 Å². The maximum Gasteiger partial charge on any atom is 0.252 e.